The van der Waals surface area contributed by atoms with Gasteiger partial charge >= 0.3 is 0 Å². The van der Waals surface area contributed by atoms with E-state index < -0.39 is 11.5 Å². The van der Waals surface area contributed by atoms with Crippen LogP contribution in [0.3, 0.4) is 0 Å². The maximum atomic E-state index is 14.9. The summed E-state index contributed by atoms with van der Waals surface area (Å²) in [5.41, 5.74) is 4.89. The van der Waals surface area contributed by atoms with Crippen LogP contribution < -0.4 is 4.90 Å². The molecule has 0 fully saturated rings. The molecule has 0 saturated heterocycles. The molecule has 234 valence electrons. The number of aryl methyl sites for hydroxylation is 1. The zero-order chi connectivity index (χ0) is 31.7. The van der Waals surface area contributed by atoms with Crippen molar-refractivity contribution in [1.29, 1.82) is 0 Å². The first-order valence-corrected chi connectivity index (χ1v) is 16.1. The Labute approximate surface area is 264 Å². The highest BCUT2D eigenvalue weighted by atomic mass is 35.5. The summed E-state index contributed by atoms with van der Waals surface area (Å²) in [6.07, 6.45) is 15.1. The number of alkyl halides is 1. The third kappa shape index (κ3) is 9.04. The molecule has 0 N–H and O–H groups in total. The molecule has 1 aromatic rings. The van der Waals surface area contributed by atoms with Gasteiger partial charge in [0, 0.05) is 41.8 Å². The van der Waals surface area contributed by atoms with Crippen LogP contribution in [0.15, 0.2) is 94.6 Å². The molecule has 0 spiro atoms. The van der Waals surface area contributed by atoms with Gasteiger partial charge in [-0.25, -0.2) is 13.8 Å². The smallest absolute Gasteiger partial charge is 0.141 e. The molecule has 2 aliphatic rings. The minimum absolute atomic E-state index is 0.0265. The van der Waals surface area contributed by atoms with Gasteiger partial charge in [-0.3, -0.25) is 0 Å². The molecule has 3 rings (SSSR count). The normalized spacial score (nSPS) is 24.9. The van der Waals surface area contributed by atoms with E-state index in [2.05, 4.69) is 57.1 Å². The molecule has 43 heavy (non-hydrogen) atoms. The van der Waals surface area contributed by atoms with E-state index in [9.17, 15) is 8.78 Å². The van der Waals surface area contributed by atoms with Crippen molar-refractivity contribution in [3.63, 3.8) is 0 Å². The molecule has 3 unspecified atom stereocenters. The molecule has 0 amide bonds. The van der Waals surface area contributed by atoms with Gasteiger partial charge in [0.05, 0.1) is 12.2 Å². The van der Waals surface area contributed by atoms with E-state index in [1.54, 1.807) is 13.0 Å². The van der Waals surface area contributed by atoms with Crippen molar-refractivity contribution in [2.45, 2.75) is 98.7 Å². The van der Waals surface area contributed by atoms with Gasteiger partial charge in [0.2, 0.25) is 0 Å². The Morgan fingerprint density at radius 1 is 1.23 bits per heavy atom. The average Bonchev–Trinajstić information content (AvgIpc) is 2.97. The standard InChI is InChI=1S/C37H50ClF2N3/c1-9-20-42(33-17-19-37(8,40)29(7)23-33)21-18-28(6)36-41-25-32(39)14-12-13-27(5)34(22-26(4)10-2)43(36)35-24-31(38)16-15-30(35)11-3/h12-17,23-25,28,34H,4,9-11,18-22H2,1-3,5-8H3/b14-12-,27-13+,32-25-,41-36?. The van der Waals surface area contributed by atoms with Crippen molar-refractivity contribution in [3.8, 4) is 0 Å². The van der Waals surface area contributed by atoms with E-state index in [0.717, 1.165) is 84.7 Å². The van der Waals surface area contributed by atoms with E-state index in [0.29, 0.717) is 11.4 Å². The molecule has 6 heteroatoms. The molecule has 1 aromatic carbocycles. The highest BCUT2D eigenvalue weighted by Crippen LogP contribution is 2.35. The summed E-state index contributed by atoms with van der Waals surface area (Å²) >= 11 is 6.62. The Bertz CT molecular complexity index is 1330. The summed E-state index contributed by atoms with van der Waals surface area (Å²) in [4.78, 5) is 9.50. The molecule has 1 aliphatic heterocycles. The number of halogens is 3. The number of amidine groups is 1. The molecule has 3 nitrogen and oxygen atoms in total. The number of nitrogens with zero attached hydrogens (tertiary/aromatic N) is 3. The first-order chi connectivity index (χ1) is 20.4. The Hall–Kier alpha value is -2.92. The number of hydrogen-bond donors (Lipinski definition) is 0. The van der Waals surface area contributed by atoms with E-state index in [-0.39, 0.29) is 12.0 Å². The van der Waals surface area contributed by atoms with Crippen molar-refractivity contribution in [2.24, 2.45) is 10.9 Å². The van der Waals surface area contributed by atoms with E-state index in [1.165, 1.54) is 12.3 Å². The van der Waals surface area contributed by atoms with Gasteiger partial charge in [0.25, 0.3) is 0 Å². The van der Waals surface area contributed by atoms with Crippen LogP contribution in [-0.4, -0.2) is 35.5 Å². The Morgan fingerprint density at radius 2 is 1.98 bits per heavy atom. The summed E-state index contributed by atoms with van der Waals surface area (Å²) < 4.78 is 29.8. The maximum Gasteiger partial charge on any atom is 0.141 e. The van der Waals surface area contributed by atoms with Gasteiger partial charge in [0.1, 0.15) is 17.3 Å². The third-order valence-electron chi connectivity index (χ3n) is 8.70. The van der Waals surface area contributed by atoms with Gasteiger partial charge in [0.15, 0.2) is 0 Å². The van der Waals surface area contributed by atoms with Crippen molar-refractivity contribution in [2.75, 3.05) is 18.0 Å². The van der Waals surface area contributed by atoms with Crippen LogP contribution in [0.2, 0.25) is 5.02 Å². The van der Waals surface area contributed by atoms with E-state index in [4.69, 9.17) is 16.6 Å². The van der Waals surface area contributed by atoms with Crippen LogP contribution in [0.5, 0.6) is 0 Å². The Balaban J connectivity index is 2.11. The van der Waals surface area contributed by atoms with Gasteiger partial charge in [-0.15, -0.1) is 0 Å². The molecule has 1 aliphatic carbocycles. The minimum Gasteiger partial charge on any atom is -0.372 e. The highest BCUT2D eigenvalue weighted by Gasteiger charge is 2.32. The fraction of sp³-hybridized carbons (Fsp3) is 0.486. The molecule has 0 aromatic heterocycles. The number of aliphatic imine (C=N–C) groups is 1. The van der Waals surface area contributed by atoms with Crippen molar-refractivity contribution < 1.29 is 8.78 Å². The fourth-order valence-corrected chi connectivity index (χ4v) is 5.78. The van der Waals surface area contributed by atoms with E-state index in [1.807, 2.05) is 37.3 Å². The minimum atomic E-state index is -1.30. The fourth-order valence-electron chi connectivity index (χ4n) is 5.61. The molecular formula is C37H50ClF2N3. The second kappa shape index (κ2) is 15.7. The van der Waals surface area contributed by atoms with Gasteiger partial charge < -0.3 is 9.80 Å². The van der Waals surface area contributed by atoms with Crippen LogP contribution in [0.25, 0.3) is 0 Å². The van der Waals surface area contributed by atoms with Gasteiger partial charge in [-0.2, -0.15) is 0 Å². The number of benzene rings is 1. The van der Waals surface area contributed by atoms with Crippen LogP contribution in [0, 0.1) is 5.92 Å². The summed E-state index contributed by atoms with van der Waals surface area (Å²) in [5.74, 6) is 0.365. The molecule has 0 radical (unpaired) electrons. The molecular weight excluding hydrogens is 560 g/mol. The average molecular weight is 610 g/mol. The number of allylic oxidation sites excluding steroid dienone is 7. The quantitative estimate of drug-likeness (QED) is 0.219. The molecule has 0 bridgehead atoms. The van der Waals surface area contributed by atoms with Crippen molar-refractivity contribution in [1.82, 2.24) is 4.90 Å². The first-order valence-electron chi connectivity index (χ1n) is 15.8. The highest BCUT2D eigenvalue weighted by molar-refractivity contribution is 6.31. The number of rotatable bonds is 12. The number of hydrogen-bond acceptors (Lipinski definition) is 3. The van der Waals surface area contributed by atoms with Crippen molar-refractivity contribution >= 4 is 23.1 Å². The summed E-state index contributed by atoms with van der Waals surface area (Å²) in [6, 6.07) is 5.94. The second-order valence-electron chi connectivity index (χ2n) is 12.1. The van der Waals surface area contributed by atoms with Crippen LogP contribution >= 0.6 is 11.6 Å². The first kappa shape index (κ1) is 34.6. The zero-order valence-corrected chi connectivity index (χ0v) is 27.9. The van der Waals surface area contributed by atoms with Crippen LogP contribution in [0.1, 0.15) is 86.1 Å². The predicted molar refractivity (Wildman–Crippen MR) is 182 cm³/mol. The second-order valence-corrected chi connectivity index (χ2v) is 12.6. The summed E-state index contributed by atoms with van der Waals surface area (Å²) in [6.45, 7) is 20.2. The third-order valence-corrected chi connectivity index (χ3v) is 8.94. The Kier molecular flexibility index (Phi) is 12.6. The lowest BCUT2D eigenvalue weighted by Gasteiger charge is -2.39. The molecule has 3 atom stereocenters. The summed E-state index contributed by atoms with van der Waals surface area (Å²) in [5, 5.41) is 0.646. The van der Waals surface area contributed by atoms with E-state index >= 15 is 0 Å². The maximum absolute atomic E-state index is 14.9. The lowest BCUT2D eigenvalue weighted by Crippen LogP contribution is -2.45. The topological polar surface area (TPSA) is 18.8 Å². The molecule has 0 saturated carbocycles. The lowest BCUT2D eigenvalue weighted by atomic mass is 9.89. The van der Waals surface area contributed by atoms with Crippen LogP contribution in [0.4, 0.5) is 14.5 Å². The molecule has 1 heterocycles. The van der Waals surface area contributed by atoms with Crippen molar-refractivity contribution in [3.05, 3.63) is 100 Å². The van der Waals surface area contributed by atoms with Crippen LogP contribution in [-0.2, 0) is 6.42 Å². The lowest BCUT2D eigenvalue weighted by molar-refractivity contribution is 0.234. The summed E-state index contributed by atoms with van der Waals surface area (Å²) in [7, 11) is 0. The predicted octanol–water partition coefficient (Wildman–Crippen LogP) is 10.9. The van der Waals surface area contributed by atoms with Gasteiger partial charge in [-0.05, 0) is 88.3 Å². The SMILES string of the molecule is C=C(CC)CC1/C(C)=C/C=C\C(F)=C\N=C(C(C)CCN(CCC)C2=CCC(C)(F)C(C)=C2)N1c1cc(Cl)ccc1CC. The number of anilines is 1. The monoisotopic (exact) mass is 609 g/mol. The zero-order valence-electron chi connectivity index (χ0n) is 27.2. The largest absolute Gasteiger partial charge is 0.372 e. The van der Waals surface area contributed by atoms with Gasteiger partial charge in [-0.1, -0.05) is 81.3 Å². The Morgan fingerprint density at radius 3 is 2.63 bits per heavy atom.